The highest BCUT2D eigenvalue weighted by molar-refractivity contribution is 5.79. The average Bonchev–Trinajstić information content (AvgIpc) is 3.34. The molecule has 0 aliphatic heterocycles. The molecule has 1 saturated carbocycles. The first-order chi connectivity index (χ1) is 10.7. The molecule has 4 nitrogen and oxygen atoms in total. The summed E-state index contributed by atoms with van der Waals surface area (Å²) in [5.41, 5.74) is 2.31. The van der Waals surface area contributed by atoms with Crippen LogP contribution in [0.1, 0.15) is 30.4 Å². The molecule has 0 spiro atoms. The third-order valence-electron chi connectivity index (χ3n) is 3.67. The highest BCUT2D eigenvalue weighted by atomic mass is 19.1. The Hall–Kier alpha value is -1.78. The first-order valence-electron chi connectivity index (χ1n) is 7.95. The number of aliphatic imine (C=N–C) groups is 1. The Balaban J connectivity index is 1.89. The molecule has 0 saturated heterocycles. The summed E-state index contributed by atoms with van der Waals surface area (Å²) in [6, 6.07) is 6.25. The van der Waals surface area contributed by atoms with Gasteiger partial charge in [0.2, 0.25) is 0 Å². The van der Waals surface area contributed by atoms with Crippen LogP contribution in [-0.2, 0) is 6.54 Å². The monoisotopic (exact) mass is 307 g/mol. The zero-order valence-electron chi connectivity index (χ0n) is 13.5. The van der Waals surface area contributed by atoms with Crippen molar-refractivity contribution in [1.29, 1.82) is 0 Å². The number of benzene rings is 1. The van der Waals surface area contributed by atoms with Crippen molar-refractivity contribution in [3.05, 3.63) is 29.3 Å². The summed E-state index contributed by atoms with van der Waals surface area (Å²) in [6.07, 6.45) is 3.05. The smallest absolute Gasteiger partial charge is 0.191 e. The van der Waals surface area contributed by atoms with Crippen LogP contribution in [0.4, 0.5) is 4.39 Å². The number of ether oxygens (including phenoxy) is 1. The Bertz CT molecular complexity index is 501. The molecule has 1 aromatic rings. The standard InChI is InChI=1S/C17H26FN3O/c1-13-4-7-15(16(10-13)22-12-14-5-6-14)11-21-17(19-2)20-9-3-8-18/h4,7,10,14H,3,5-6,8-9,11-12H2,1-2H3,(H2,19,20,21). The average molecular weight is 307 g/mol. The summed E-state index contributed by atoms with van der Waals surface area (Å²) >= 11 is 0. The van der Waals surface area contributed by atoms with Gasteiger partial charge >= 0.3 is 0 Å². The summed E-state index contributed by atoms with van der Waals surface area (Å²) in [7, 11) is 1.71. The van der Waals surface area contributed by atoms with Crippen molar-refractivity contribution < 1.29 is 9.13 Å². The molecule has 0 unspecified atom stereocenters. The lowest BCUT2D eigenvalue weighted by atomic mass is 10.1. The molecule has 1 aliphatic carbocycles. The van der Waals surface area contributed by atoms with E-state index in [2.05, 4.69) is 40.7 Å². The SMILES string of the molecule is CN=C(NCCCF)NCc1ccc(C)cc1OCC1CC1. The Labute approximate surface area is 132 Å². The summed E-state index contributed by atoms with van der Waals surface area (Å²) < 4.78 is 18.1. The predicted octanol–water partition coefficient (Wildman–Crippen LogP) is 2.81. The quantitative estimate of drug-likeness (QED) is 0.441. The fourth-order valence-electron chi connectivity index (χ4n) is 2.11. The Kier molecular flexibility index (Phi) is 6.49. The number of rotatable bonds is 8. The molecule has 22 heavy (non-hydrogen) atoms. The third kappa shape index (κ3) is 5.54. The summed E-state index contributed by atoms with van der Waals surface area (Å²) in [6.45, 7) is 3.77. The first kappa shape index (κ1) is 16.6. The van der Waals surface area contributed by atoms with Gasteiger partial charge in [-0.1, -0.05) is 12.1 Å². The van der Waals surface area contributed by atoms with Crippen LogP contribution in [0.2, 0.25) is 0 Å². The summed E-state index contributed by atoms with van der Waals surface area (Å²) in [4.78, 5) is 4.14. The van der Waals surface area contributed by atoms with Gasteiger partial charge in [0.25, 0.3) is 0 Å². The molecule has 2 rings (SSSR count). The molecule has 1 fully saturated rings. The molecule has 0 aromatic heterocycles. The van der Waals surface area contributed by atoms with E-state index in [9.17, 15) is 4.39 Å². The van der Waals surface area contributed by atoms with Crippen molar-refractivity contribution in [2.75, 3.05) is 26.9 Å². The van der Waals surface area contributed by atoms with Crippen molar-refractivity contribution in [1.82, 2.24) is 10.6 Å². The molecule has 1 aliphatic rings. The normalized spacial score (nSPS) is 14.8. The van der Waals surface area contributed by atoms with E-state index in [0.717, 1.165) is 23.8 Å². The molecule has 0 heterocycles. The number of alkyl halides is 1. The Morgan fingerprint density at radius 3 is 2.86 bits per heavy atom. The van der Waals surface area contributed by atoms with E-state index < -0.39 is 0 Å². The van der Waals surface area contributed by atoms with E-state index in [0.29, 0.717) is 25.5 Å². The fraction of sp³-hybridized carbons (Fsp3) is 0.588. The lowest BCUT2D eigenvalue weighted by molar-refractivity contribution is 0.296. The number of hydrogen-bond donors (Lipinski definition) is 2. The minimum absolute atomic E-state index is 0.318. The van der Waals surface area contributed by atoms with Crippen LogP contribution in [0, 0.1) is 12.8 Å². The van der Waals surface area contributed by atoms with Crippen molar-refractivity contribution in [2.45, 2.75) is 32.7 Å². The second-order valence-corrected chi connectivity index (χ2v) is 5.76. The maximum Gasteiger partial charge on any atom is 0.191 e. The van der Waals surface area contributed by atoms with Crippen LogP contribution < -0.4 is 15.4 Å². The van der Waals surface area contributed by atoms with Crippen LogP contribution in [0.5, 0.6) is 5.75 Å². The highest BCUT2D eigenvalue weighted by Crippen LogP contribution is 2.30. The van der Waals surface area contributed by atoms with E-state index in [1.165, 1.54) is 18.4 Å². The van der Waals surface area contributed by atoms with Gasteiger partial charge in [0.15, 0.2) is 5.96 Å². The molecule has 5 heteroatoms. The summed E-state index contributed by atoms with van der Waals surface area (Å²) in [5.74, 6) is 2.36. The molecule has 122 valence electrons. The molecular weight excluding hydrogens is 281 g/mol. The number of guanidine groups is 1. The third-order valence-corrected chi connectivity index (χ3v) is 3.67. The number of nitrogens with zero attached hydrogens (tertiary/aromatic N) is 1. The van der Waals surface area contributed by atoms with Gasteiger partial charge in [0.1, 0.15) is 5.75 Å². The topological polar surface area (TPSA) is 45.7 Å². The van der Waals surface area contributed by atoms with Crippen LogP contribution in [0.25, 0.3) is 0 Å². The maximum absolute atomic E-state index is 12.1. The Morgan fingerprint density at radius 2 is 2.18 bits per heavy atom. The zero-order chi connectivity index (χ0) is 15.8. The van der Waals surface area contributed by atoms with Crippen LogP contribution >= 0.6 is 0 Å². The van der Waals surface area contributed by atoms with Crippen LogP contribution in [-0.4, -0.2) is 32.8 Å². The van der Waals surface area contributed by atoms with Crippen molar-refractivity contribution in [3.8, 4) is 5.75 Å². The van der Waals surface area contributed by atoms with Gasteiger partial charge in [-0.2, -0.15) is 0 Å². The molecule has 0 radical (unpaired) electrons. The lowest BCUT2D eigenvalue weighted by Crippen LogP contribution is -2.37. The van der Waals surface area contributed by atoms with Gasteiger partial charge < -0.3 is 15.4 Å². The fourth-order valence-corrected chi connectivity index (χ4v) is 2.11. The van der Waals surface area contributed by atoms with Crippen molar-refractivity contribution >= 4 is 5.96 Å². The molecule has 0 atom stereocenters. The molecule has 2 N–H and O–H groups in total. The lowest BCUT2D eigenvalue weighted by Gasteiger charge is -2.15. The summed E-state index contributed by atoms with van der Waals surface area (Å²) in [5, 5.41) is 6.33. The van der Waals surface area contributed by atoms with Crippen LogP contribution in [0.3, 0.4) is 0 Å². The largest absolute Gasteiger partial charge is 0.493 e. The van der Waals surface area contributed by atoms with Gasteiger partial charge in [-0.3, -0.25) is 9.38 Å². The Morgan fingerprint density at radius 1 is 1.36 bits per heavy atom. The van der Waals surface area contributed by atoms with Crippen LogP contribution in [0.15, 0.2) is 23.2 Å². The van der Waals surface area contributed by atoms with Crippen molar-refractivity contribution in [3.63, 3.8) is 0 Å². The number of aryl methyl sites for hydroxylation is 1. The van der Waals surface area contributed by atoms with Gasteiger partial charge in [0, 0.05) is 25.7 Å². The van der Waals surface area contributed by atoms with Gasteiger partial charge in [-0.05, 0) is 43.7 Å². The maximum atomic E-state index is 12.1. The van der Waals surface area contributed by atoms with Gasteiger partial charge in [-0.15, -0.1) is 0 Å². The molecular formula is C17H26FN3O. The van der Waals surface area contributed by atoms with E-state index in [-0.39, 0.29) is 6.67 Å². The number of hydrogen-bond acceptors (Lipinski definition) is 2. The second-order valence-electron chi connectivity index (χ2n) is 5.76. The second kappa shape index (κ2) is 8.61. The van der Waals surface area contributed by atoms with Gasteiger partial charge in [0.05, 0.1) is 13.3 Å². The molecule has 1 aromatic carbocycles. The molecule has 0 bridgehead atoms. The predicted molar refractivity (Wildman–Crippen MR) is 88.2 cm³/mol. The van der Waals surface area contributed by atoms with Crippen molar-refractivity contribution in [2.24, 2.45) is 10.9 Å². The zero-order valence-corrected chi connectivity index (χ0v) is 13.5. The number of halogens is 1. The molecule has 0 amide bonds. The van der Waals surface area contributed by atoms with Gasteiger partial charge in [-0.25, -0.2) is 0 Å². The van der Waals surface area contributed by atoms with E-state index in [1.54, 1.807) is 7.05 Å². The minimum atomic E-state index is -0.318. The van der Waals surface area contributed by atoms with E-state index in [1.807, 2.05) is 0 Å². The number of nitrogens with one attached hydrogen (secondary N) is 2. The minimum Gasteiger partial charge on any atom is -0.493 e. The highest BCUT2D eigenvalue weighted by Gasteiger charge is 2.22. The van der Waals surface area contributed by atoms with E-state index >= 15 is 0 Å². The first-order valence-corrected chi connectivity index (χ1v) is 7.95. The van der Waals surface area contributed by atoms with E-state index in [4.69, 9.17) is 4.74 Å².